The average Bonchev–Trinajstić information content (AvgIpc) is 3.61. The van der Waals surface area contributed by atoms with Crippen molar-refractivity contribution >= 4 is 50.6 Å². The van der Waals surface area contributed by atoms with Crippen LogP contribution in [0.3, 0.4) is 0 Å². The molecule has 3 aromatic rings. The van der Waals surface area contributed by atoms with Crippen LogP contribution in [-0.2, 0) is 47.0 Å². The molecule has 2 aliphatic rings. The summed E-state index contributed by atoms with van der Waals surface area (Å²) in [5.74, 6) is -2.99. The van der Waals surface area contributed by atoms with Gasteiger partial charge >= 0.3 is 0 Å². The average molecular weight is 837 g/mol. The Morgan fingerprint density at radius 1 is 0.729 bits per heavy atom. The summed E-state index contributed by atoms with van der Waals surface area (Å²) < 4.78 is 36.3. The van der Waals surface area contributed by atoms with Crippen molar-refractivity contribution in [2.24, 2.45) is 11.8 Å². The summed E-state index contributed by atoms with van der Waals surface area (Å²) in [5.41, 5.74) is 2.24. The van der Waals surface area contributed by atoms with Gasteiger partial charge in [0, 0.05) is 55.6 Å². The molecule has 3 heterocycles. The summed E-state index contributed by atoms with van der Waals surface area (Å²) in [6.45, 7) is 8.60. The van der Waals surface area contributed by atoms with E-state index >= 15 is 0 Å². The third kappa shape index (κ3) is 12.0. The highest BCUT2D eigenvalue weighted by molar-refractivity contribution is 7.86. The second-order valence-corrected chi connectivity index (χ2v) is 18.3. The first-order valence-corrected chi connectivity index (χ1v) is 21.9. The van der Waals surface area contributed by atoms with E-state index in [2.05, 4.69) is 31.6 Å². The van der Waals surface area contributed by atoms with E-state index in [0.717, 1.165) is 27.2 Å². The summed E-state index contributed by atoms with van der Waals surface area (Å²) in [6.07, 6.45) is 4.22. The number of H-pyrrole nitrogens is 1. The van der Waals surface area contributed by atoms with E-state index in [1.54, 1.807) is 30.5 Å². The molecule has 59 heavy (non-hydrogen) atoms. The van der Waals surface area contributed by atoms with Crippen molar-refractivity contribution in [2.75, 3.05) is 33.3 Å². The highest BCUT2D eigenvalue weighted by atomic mass is 32.2. The second kappa shape index (κ2) is 20.3. The zero-order valence-corrected chi connectivity index (χ0v) is 35.7. The van der Waals surface area contributed by atoms with Gasteiger partial charge in [-0.3, -0.25) is 24.0 Å². The van der Waals surface area contributed by atoms with E-state index in [-0.39, 0.29) is 50.7 Å². The minimum atomic E-state index is -4.22. The van der Waals surface area contributed by atoms with E-state index in [9.17, 15) is 32.4 Å². The monoisotopic (exact) mass is 836 g/mol. The van der Waals surface area contributed by atoms with Crippen molar-refractivity contribution in [1.29, 1.82) is 0 Å². The number of rotatable bonds is 10. The van der Waals surface area contributed by atoms with Crippen LogP contribution in [0, 0.1) is 11.8 Å². The number of nitrogens with zero attached hydrogens (tertiary/aromatic N) is 2. The van der Waals surface area contributed by atoms with Crippen LogP contribution in [0.25, 0.3) is 10.9 Å². The van der Waals surface area contributed by atoms with Gasteiger partial charge in [0.15, 0.2) is 0 Å². The maximum Gasteiger partial charge on any atom is 0.282 e. The lowest BCUT2D eigenvalue weighted by Gasteiger charge is -2.35. The third-order valence-electron chi connectivity index (χ3n) is 10.9. The summed E-state index contributed by atoms with van der Waals surface area (Å²) in [7, 11) is -2.68. The van der Waals surface area contributed by atoms with E-state index in [0.29, 0.717) is 24.2 Å². The molecule has 2 saturated heterocycles. The molecular weight excluding hydrogens is 777 g/mol. The number of carbonyl (C=O) groups excluding carboxylic acids is 5. The number of hydrogen-bond acceptors (Lipinski definition) is 8. The van der Waals surface area contributed by atoms with Crippen LogP contribution in [0.2, 0.25) is 0 Å². The molecule has 5 amide bonds. The Morgan fingerprint density at radius 2 is 1.36 bits per heavy atom. The fourth-order valence-electron chi connectivity index (χ4n) is 7.41. The Kier molecular flexibility index (Phi) is 15.5. The van der Waals surface area contributed by atoms with Crippen molar-refractivity contribution in [3.63, 3.8) is 0 Å². The Morgan fingerprint density at radius 3 is 2.02 bits per heavy atom. The Hall–Kier alpha value is -5.00. The highest BCUT2D eigenvalue weighted by Gasteiger charge is 2.37. The first-order chi connectivity index (χ1) is 28.0. The molecule has 16 nitrogen and oxygen atoms in total. The van der Waals surface area contributed by atoms with Gasteiger partial charge < -0.3 is 36.3 Å². The van der Waals surface area contributed by atoms with Crippen LogP contribution in [0.15, 0.2) is 54.7 Å². The number of nitrogens with one attached hydrogen (secondary N) is 6. The lowest BCUT2D eigenvalue weighted by atomic mass is 9.99. The summed E-state index contributed by atoms with van der Waals surface area (Å²) in [4.78, 5) is 73.7. The summed E-state index contributed by atoms with van der Waals surface area (Å²) in [5, 5.41) is 15.0. The van der Waals surface area contributed by atoms with Gasteiger partial charge in [0.25, 0.3) is 10.2 Å². The van der Waals surface area contributed by atoms with Crippen molar-refractivity contribution in [2.45, 2.75) is 103 Å². The SMILES string of the molecule is COc1ccc(C[C@@H]2NC(=O)[C@H](CC(C)C)NC(=O)[C@@H](Cc3c[nH]c4ccccc34)NC(=O)CN(S(=O)(=O)N3CCCCC3)C[C@H](C(C)C)NC(=O)[C@@H](C)NC2=O)cc1. The summed E-state index contributed by atoms with van der Waals surface area (Å²) in [6, 6.07) is 9.11. The number of carbonyl (C=O) groups is 5. The molecule has 17 heteroatoms. The number of piperidine rings is 1. The van der Waals surface area contributed by atoms with Crippen LogP contribution in [-0.4, -0.2) is 115 Å². The van der Waals surface area contributed by atoms with Crippen molar-refractivity contribution in [1.82, 2.24) is 40.2 Å². The minimum absolute atomic E-state index is 0.0154. The lowest BCUT2D eigenvalue weighted by Crippen LogP contribution is -2.61. The normalized spacial score (nSPS) is 24.1. The number of aromatic nitrogens is 1. The predicted octanol–water partition coefficient (Wildman–Crippen LogP) is 2.15. The molecule has 2 aliphatic heterocycles. The smallest absolute Gasteiger partial charge is 0.282 e. The fraction of sp³-hybridized carbons (Fsp3) is 0.548. The second-order valence-electron chi connectivity index (χ2n) is 16.3. The molecule has 1 aromatic heterocycles. The molecule has 5 atom stereocenters. The van der Waals surface area contributed by atoms with Gasteiger partial charge in [0.1, 0.15) is 29.9 Å². The standard InChI is InChI=1S/C42H60N8O8S/c1-26(2)20-34-41(54)47-35(21-29-14-16-31(58-6)17-15-29)40(53)44-28(5)39(52)48-37(27(3)4)24-50(59(56,57)49-18-10-7-11-19-49)25-38(51)45-36(42(55)46-34)22-30-23-43-33-13-9-8-12-32(30)33/h8-9,12-17,23,26-28,34-37,43H,7,10-11,18-22,24-25H2,1-6H3,(H,44,53)(H,45,51)(H,46,55)(H,47,54)(H,48,52)/t28-,34+,35+,36-,37-/m1/s1. The molecule has 2 aromatic carbocycles. The van der Waals surface area contributed by atoms with Gasteiger partial charge in [-0.15, -0.1) is 0 Å². The van der Waals surface area contributed by atoms with Crippen LogP contribution >= 0.6 is 0 Å². The van der Waals surface area contributed by atoms with Gasteiger partial charge in [-0.05, 0) is 67.3 Å². The summed E-state index contributed by atoms with van der Waals surface area (Å²) >= 11 is 0. The number of benzene rings is 2. The van der Waals surface area contributed by atoms with E-state index in [1.165, 1.54) is 18.3 Å². The third-order valence-corrected chi connectivity index (χ3v) is 12.8. The maximum absolute atomic E-state index is 14.4. The molecule has 0 unspecified atom stereocenters. The van der Waals surface area contributed by atoms with Gasteiger partial charge in [0.05, 0.1) is 13.7 Å². The number of aromatic amines is 1. The van der Waals surface area contributed by atoms with Crippen LogP contribution in [0.5, 0.6) is 5.75 Å². The molecular formula is C42H60N8O8S. The molecule has 2 fully saturated rings. The van der Waals surface area contributed by atoms with E-state index in [4.69, 9.17) is 4.74 Å². The predicted molar refractivity (Wildman–Crippen MR) is 224 cm³/mol. The quantitative estimate of drug-likeness (QED) is 0.178. The van der Waals surface area contributed by atoms with Crippen LogP contribution in [0.1, 0.15) is 71.4 Å². The zero-order valence-electron chi connectivity index (χ0n) is 34.9. The number of methoxy groups -OCH3 is 1. The number of fused-ring (bicyclic) bond motifs is 1. The zero-order chi connectivity index (χ0) is 42.9. The number of hydrogen-bond donors (Lipinski definition) is 6. The number of amides is 5. The van der Waals surface area contributed by atoms with Crippen molar-refractivity contribution in [3.05, 3.63) is 65.9 Å². The Balaban J connectivity index is 1.55. The molecule has 0 bridgehead atoms. The lowest BCUT2D eigenvalue weighted by molar-refractivity contribution is -0.135. The topological polar surface area (TPSA) is 211 Å². The molecule has 322 valence electrons. The molecule has 5 rings (SSSR count). The van der Waals surface area contributed by atoms with Gasteiger partial charge in [-0.2, -0.15) is 17.0 Å². The van der Waals surface area contributed by atoms with Gasteiger partial charge in [-0.1, -0.05) is 64.4 Å². The first-order valence-electron chi connectivity index (χ1n) is 20.5. The molecule has 0 aliphatic carbocycles. The minimum Gasteiger partial charge on any atom is -0.497 e. The number of ether oxygens (including phenoxy) is 1. The molecule has 0 saturated carbocycles. The van der Waals surface area contributed by atoms with Gasteiger partial charge in [0.2, 0.25) is 29.5 Å². The largest absolute Gasteiger partial charge is 0.497 e. The van der Waals surface area contributed by atoms with Gasteiger partial charge in [-0.25, -0.2) is 0 Å². The fourth-order valence-corrected chi connectivity index (χ4v) is 9.09. The van der Waals surface area contributed by atoms with Crippen LogP contribution < -0.4 is 31.3 Å². The number of para-hydroxylation sites is 1. The van der Waals surface area contributed by atoms with E-state index in [1.807, 2.05) is 52.0 Å². The van der Waals surface area contributed by atoms with Crippen molar-refractivity contribution in [3.8, 4) is 5.75 Å². The molecule has 0 spiro atoms. The van der Waals surface area contributed by atoms with Crippen molar-refractivity contribution < 1.29 is 37.1 Å². The Labute approximate surface area is 347 Å². The van der Waals surface area contributed by atoms with Crippen LogP contribution in [0.4, 0.5) is 0 Å². The molecule has 6 N–H and O–H groups in total. The first kappa shape index (κ1) is 45.1. The molecule has 0 radical (unpaired) electrons. The maximum atomic E-state index is 14.4. The van der Waals surface area contributed by atoms with E-state index < -0.39 is 76.5 Å². The highest BCUT2D eigenvalue weighted by Crippen LogP contribution is 2.21. The Bertz CT molecular complexity index is 2050.